The third kappa shape index (κ3) is 4.41. The highest BCUT2D eigenvalue weighted by Gasteiger charge is 2.04. The molecule has 0 atom stereocenters. The topological polar surface area (TPSA) is 86.3 Å². The van der Waals surface area contributed by atoms with Crippen LogP contribution in [0.15, 0.2) is 24.3 Å². The Bertz CT molecular complexity index is 464. The van der Waals surface area contributed by atoms with Crippen LogP contribution in [0, 0.1) is 6.92 Å². The fourth-order valence-electron chi connectivity index (χ4n) is 1.10. The van der Waals surface area contributed by atoms with Crippen LogP contribution in [0.3, 0.4) is 0 Å². The maximum Gasteiger partial charge on any atom is 0.251 e. The molecule has 0 aliphatic carbocycles. The van der Waals surface area contributed by atoms with Crippen molar-refractivity contribution in [2.24, 2.45) is 0 Å². The number of hydrogen-bond donors (Lipinski definition) is 1. The van der Waals surface area contributed by atoms with Crippen LogP contribution in [-0.2, 0) is 10.1 Å². The highest BCUT2D eigenvalue weighted by molar-refractivity contribution is 7.85. The highest BCUT2D eigenvalue weighted by Crippen LogP contribution is 2.02. The smallest absolute Gasteiger partial charge is 0.251 e. The zero-order chi connectivity index (χ0) is 12.2. The summed E-state index contributed by atoms with van der Waals surface area (Å²) in [5.74, 6) is -0.978. The molecule has 0 radical (unpaired) electrons. The van der Waals surface area contributed by atoms with E-state index in [1.54, 1.807) is 24.3 Å². The number of benzene rings is 1. The molecule has 0 bridgehead atoms. The Morgan fingerprint density at radius 2 is 1.88 bits per heavy atom. The van der Waals surface area contributed by atoms with Gasteiger partial charge in [-0.25, -0.2) is 8.42 Å². The number of amides is 1. The minimum Gasteiger partial charge on any atom is -0.748 e. The molecule has 1 rings (SSSR count). The molecule has 0 unspecified atom stereocenters. The molecular weight excluding hydrogens is 230 g/mol. The first kappa shape index (κ1) is 12.7. The third-order valence-electron chi connectivity index (χ3n) is 1.95. The molecule has 0 saturated carbocycles. The van der Waals surface area contributed by atoms with Gasteiger partial charge in [-0.1, -0.05) is 17.7 Å². The van der Waals surface area contributed by atoms with Gasteiger partial charge in [0.2, 0.25) is 0 Å². The summed E-state index contributed by atoms with van der Waals surface area (Å²) in [6.07, 6.45) is 0. The predicted molar refractivity (Wildman–Crippen MR) is 58.1 cm³/mol. The summed E-state index contributed by atoms with van der Waals surface area (Å²) in [4.78, 5) is 11.4. The largest absolute Gasteiger partial charge is 0.748 e. The summed E-state index contributed by atoms with van der Waals surface area (Å²) < 4.78 is 30.9. The number of aryl methyl sites for hydroxylation is 1. The van der Waals surface area contributed by atoms with E-state index in [0.29, 0.717) is 5.56 Å². The van der Waals surface area contributed by atoms with Crippen molar-refractivity contribution in [1.82, 2.24) is 5.32 Å². The molecule has 0 aliphatic heterocycles. The quantitative estimate of drug-likeness (QED) is 0.768. The number of nitrogens with one attached hydrogen (secondary N) is 1. The molecule has 0 aliphatic rings. The fourth-order valence-corrected chi connectivity index (χ4v) is 1.45. The van der Waals surface area contributed by atoms with Gasteiger partial charge in [-0.3, -0.25) is 4.79 Å². The average molecular weight is 242 g/mol. The Balaban J connectivity index is 2.50. The van der Waals surface area contributed by atoms with Gasteiger partial charge in [-0.15, -0.1) is 0 Å². The van der Waals surface area contributed by atoms with E-state index in [0.717, 1.165) is 5.56 Å². The van der Waals surface area contributed by atoms with E-state index >= 15 is 0 Å². The van der Waals surface area contributed by atoms with Crippen molar-refractivity contribution in [2.45, 2.75) is 6.92 Å². The molecule has 1 amide bonds. The monoisotopic (exact) mass is 242 g/mol. The Kier molecular flexibility index (Phi) is 4.03. The van der Waals surface area contributed by atoms with Gasteiger partial charge in [0.05, 0.1) is 15.9 Å². The van der Waals surface area contributed by atoms with Crippen LogP contribution < -0.4 is 5.32 Å². The Labute approximate surface area is 94.2 Å². The lowest BCUT2D eigenvalue weighted by molar-refractivity contribution is 0.0956. The molecule has 1 aromatic rings. The van der Waals surface area contributed by atoms with Crippen molar-refractivity contribution >= 4 is 16.0 Å². The number of carbonyl (C=O) groups excluding carboxylic acids is 1. The molecule has 0 fully saturated rings. The second-order valence-corrected chi connectivity index (χ2v) is 4.91. The van der Waals surface area contributed by atoms with Crippen LogP contribution >= 0.6 is 0 Å². The summed E-state index contributed by atoms with van der Waals surface area (Å²) in [7, 11) is -4.27. The van der Waals surface area contributed by atoms with Crippen molar-refractivity contribution in [1.29, 1.82) is 0 Å². The summed E-state index contributed by atoms with van der Waals surface area (Å²) in [6, 6.07) is 6.82. The fraction of sp³-hybridized carbons (Fsp3) is 0.300. The molecule has 1 aromatic carbocycles. The molecule has 0 saturated heterocycles. The van der Waals surface area contributed by atoms with Gasteiger partial charge in [-0.05, 0) is 19.1 Å². The lowest BCUT2D eigenvalue weighted by Gasteiger charge is -2.08. The van der Waals surface area contributed by atoms with E-state index in [9.17, 15) is 17.8 Å². The van der Waals surface area contributed by atoms with Gasteiger partial charge >= 0.3 is 0 Å². The minimum absolute atomic E-state index is 0.168. The standard InChI is InChI=1S/C10H13NO4S/c1-8-2-4-9(5-3-8)10(12)11-6-7-16(13,14)15/h2-5H,6-7H2,1H3,(H,11,12)(H,13,14,15)/p-1. The summed E-state index contributed by atoms with van der Waals surface area (Å²) in [5.41, 5.74) is 1.47. The summed E-state index contributed by atoms with van der Waals surface area (Å²) >= 11 is 0. The molecule has 6 heteroatoms. The minimum atomic E-state index is -4.27. The predicted octanol–water partition coefficient (Wildman–Crippen LogP) is 0.270. The van der Waals surface area contributed by atoms with Crippen molar-refractivity contribution in [3.05, 3.63) is 35.4 Å². The van der Waals surface area contributed by atoms with Gasteiger partial charge < -0.3 is 9.87 Å². The van der Waals surface area contributed by atoms with E-state index in [1.165, 1.54) is 0 Å². The molecule has 5 nitrogen and oxygen atoms in total. The molecule has 0 aromatic heterocycles. The first-order valence-corrected chi connectivity index (χ1v) is 6.25. The van der Waals surface area contributed by atoms with Gasteiger partial charge in [-0.2, -0.15) is 0 Å². The van der Waals surface area contributed by atoms with E-state index in [-0.39, 0.29) is 12.5 Å². The van der Waals surface area contributed by atoms with E-state index in [2.05, 4.69) is 5.32 Å². The van der Waals surface area contributed by atoms with E-state index in [1.807, 2.05) is 6.92 Å². The lowest BCUT2D eigenvalue weighted by atomic mass is 10.1. The van der Waals surface area contributed by atoms with Crippen LogP contribution in [0.2, 0.25) is 0 Å². The summed E-state index contributed by atoms with van der Waals surface area (Å²) in [6.45, 7) is 1.73. The lowest BCUT2D eigenvalue weighted by Crippen LogP contribution is -2.28. The Morgan fingerprint density at radius 1 is 1.31 bits per heavy atom. The molecule has 0 heterocycles. The van der Waals surface area contributed by atoms with Gasteiger partial charge in [0.1, 0.15) is 0 Å². The van der Waals surface area contributed by atoms with Crippen molar-refractivity contribution in [2.75, 3.05) is 12.3 Å². The third-order valence-corrected chi connectivity index (χ3v) is 2.66. The van der Waals surface area contributed by atoms with Gasteiger partial charge in [0.15, 0.2) is 0 Å². The highest BCUT2D eigenvalue weighted by atomic mass is 32.2. The van der Waals surface area contributed by atoms with Gasteiger partial charge in [0, 0.05) is 12.1 Å². The van der Waals surface area contributed by atoms with Crippen LogP contribution in [-0.4, -0.2) is 31.2 Å². The number of rotatable bonds is 4. The Hall–Kier alpha value is -1.40. The zero-order valence-electron chi connectivity index (χ0n) is 8.76. The Morgan fingerprint density at radius 3 is 2.38 bits per heavy atom. The second-order valence-electron chi connectivity index (χ2n) is 3.38. The van der Waals surface area contributed by atoms with Crippen molar-refractivity contribution < 1.29 is 17.8 Å². The van der Waals surface area contributed by atoms with Gasteiger partial charge in [0.25, 0.3) is 5.91 Å². The van der Waals surface area contributed by atoms with Crippen molar-refractivity contribution in [3.8, 4) is 0 Å². The van der Waals surface area contributed by atoms with E-state index < -0.39 is 15.9 Å². The van der Waals surface area contributed by atoms with E-state index in [4.69, 9.17) is 0 Å². The van der Waals surface area contributed by atoms with Crippen LogP contribution in [0.4, 0.5) is 0 Å². The van der Waals surface area contributed by atoms with Crippen LogP contribution in [0.25, 0.3) is 0 Å². The first-order chi connectivity index (χ1) is 7.38. The first-order valence-electron chi connectivity index (χ1n) is 4.67. The van der Waals surface area contributed by atoms with Crippen LogP contribution in [0.5, 0.6) is 0 Å². The molecule has 88 valence electrons. The molecule has 1 N–H and O–H groups in total. The molecule has 16 heavy (non-hydrogen) atoms. The normalized spacial score (nSPS) is 11.1. The second kappa shape index (κ2) is 5.09. The number of carbonyl (C=O) groups is 1. The molecule has 0 spiro atoms. The maximum atomic E-state index is 11.4. The maximum absolute atomic E-state index is 11.4. The number of hydrogen-bond acceptors (Lipinski definition) is 4. The SMILES string of the molecule is Cc1ccc(C(=O)NCCS(=O)(=O)[O-])cc1. The molecular formula is C10H12NO4S-. The van der Waals surface area contributed by atoms with Crippen LogP contribution in [0.1, 0.15) is 15.9 Å². The van der Waals surface area contributed by atoms with Crippen molar-refractivity contribution in [3.63, 3.8) is 0 Å². The zero-order valence-corrected chi connectivity index (χ0v) is 9.58. The summed E-state index contributed by atoms with van der Waals surface area (Å²) in [5, 5.41) is 2.36. The average Bonchev–Trinajstić information content (AvgIpc) is 2.16.